The Balaban J connectivity index is 0.000000147. The first-order valence-corrected chi connectivity index (χ1v) is 31.1. The largest absolute Gasteiger partial charge is 0.481 e. The van der Waals surface area contributed by atoms with Crippen LogP contribution in [-0.2, 0) is 85.9 Å². The van der Waals surface area contributed by atoms with Crippen LogP contribution in [0.15, 0.2) is 110 Å². The van der Waals surface area contributed by atoms with Gasteiger partial charge in [-0.2, -0.15) is 0 Å². The van der Waals surface area contributed by atoms with Gasteiger partial charge in [-0.25, -0.2) is 0 Å². The van der Waals surface area contributed by atoms with E-state index < -0.39 is 29.7 Å². The summed E-state index contributed by atoms with van der Waals surface area (Å²) in [6.45, 7) is 43.2. The van der Waals surface area contributed by atoms with Gasteiger partial charge in [0.25, 0.3) is 0 Å². The average molecular weight is 1250 g/mol. The Bertz CT molecular complexity index is 2890. The molecule has 8 aliphatic carbocycles. The number of rotatable bonds is 5. The summed E-state index contributed by atoms with van der Waals surface area (Å²) in [5, 5.41) is 17.6. The summed E-state index contributed by atoms with van der Waals surface area (Å²) in [4.78, 5) is 121. The van der Waals surface area contributed by atoms with Gasteiger partial charge >= 0.3 is 65.7 Å². The van der Waals surface area contributed by atoms with E-state index in [-0.39, 0.29) is 125 Å². The minimum atomic E-state index is -0.964. The topological polar surface area (TPSA) is 293 Å². The highest BCUT2D eigenvalue weighted by Crippen LogP contribution is 2.49. The minimum Gasteiger partial charge on any atom is -0.481 e. The van der Waals surface area contributed by atoms with Crippen molar-refractivity contribution in [3.05, 3.63) is 110 Å². The highest BCUT2D eigenvalue weighted by Gasteiger charge is 2.54. The molecular formula is C70H88O20. The summed E-state index contributed by atoms with van der Waals surface area (Å²) in [6, 6.07) is 0. The summed E-state index contributed by atoms with van der Waals surface area (Å²) >= 11 is 0. The maximum absolute atomic E-state index is 11.5. The summed E-state index contributed by atoms with van der Waals surface area (Å²) in [5.74, 6) is -3.36. The molecule has 0 spiro atoms. The van der Waals surface area contributed by atoms with Gasteiger partial charge in [-0.05, 0) is 129 Å². The standard InChI is InChI=1S/C11H14O4.C10H14O2.C9H12O2.2C8H8O3.2C8H10O2.C8H12O2/c1-3-4-15-11(14)9-6-7(2)5-8(9)10(12)13;1-6-4-7-8(5-6)10(2,3)12-9(7)11;1-5-3-7-6(2)11-9(10)8(7)4-5;2*1-4-2-5-6(3-4)8(10)11-7(5)9;2*1-5-2-6-4-10-8(9)7(6)3-5;1-5-3-6(2)7(4-5)8(9)10/h3,8-9H,1-2,4-6H2,(H,12,13);7-8H,1,4-5H2,2-3H3;6-8H,1,3-4H2,2H3;2*5-6H,1-3H2;2*6-7H,1-4H2;6-7H,1,3-4H2,2H3,(H,9,10). The smallest absolute Gasteiger partial charge is 0.317 e. The Labute approximate surface area is 526 Å². The maximum atomic E-state index is 11.5. The molecule has 488 valence electrons. The third kappa shape index (κ3) is 16.8. The second-order valence-electron chi connectivity index (χ2n) is 27.2. The molecule has 17 unspecified atom stereocenters. The Morgan fingerprint density at radius 1 is 0.456 bits per heavy atom. The average Bonchev–Trinajstić information content (AvgIpc) is 1.66. The molecule has 6 aliphatic heterocycles. The van der Waals surface area contributed by atoms with E-state index >= 15 is 0 Å². The molecule has 14 fully saturated rings. The Kier molecular flexibility index (Phi) is 22.8. The van der Waals surface area contributed by atoms with E-state index in [1.54, 1.807) is 0 Å². The van der Waals surface area contributed by atoms with Gasteiger partial charge in [-0.1, -0.05) is 117 Å². The molecule has 6 saturated heterocycles. The number of hydrogen-bond donors (Lipinski definition) is 2. The number of aliphatic carboxylic acids is 2. The molecule has 20 nitrogen and oxygen atoms in total. The molecule has 0 aromatic carbocycles. The lowest BCUT2D eigenvalue weighted by molar-refractivity contribution is -0.155. The van der Waals surface area contributed by atoms with Crippen LogP contribution in [0.5, 0.6) is 0 Å². The lowest BCUT2D eigenvalue weighted by atomic mass is 9.86. The van der Waals surface area contributed by atoms with Crippen LogP contribution in [0.25, 0.3) is 0 Å². The predicted octanol–water partition coefficient (Wildman–Crippen LogP) is 10.0. The monoisotopic (exact) mass is 1250 g/mol. The van der Waals surface area contributed by atoms with Gasteiger partial charge in [0.15, 0.2) is 0 Å². The number of fused-ring (bicyclic) bond motifs is 6. The molecule has 90 heavy (non-hydrogen) atoms. The van der Waals surface area contributed by atoms with Crippen molar-refractivity contribution in [2.45, 2.75) is 142 Å². The van der Waals surface area contributed by atoms with E-state index in [2.05, 4.69) is 68.7 Å². The van der Waals surface area contributed by atoms with Crippen molar-refractivity contribution in [2.75, 3.05) is 19.8 Å². The van der Waals surface area contributed by atoms with Gasteiger partial charge in [-0.15, -0.1) is 0 Å². The van der Waals surface area contributed by atoms with Crippen molar-refractivity contribution >= 4 is 65.7 Å². The normalized spacial score (nSPS) is 35.3. The molecule has 0 bridgehead atoms. The molecule has 0 aromatic heterocycles. The van der Waals surface area contributed by atoms with Crippen molar-refractivity contribution in [3.63, 3.8) is 0 Å². The van der Waals surface area contributed by atoms with Crippen LogP contribution in [0.1, 0.15) is 130 Å². The Morgan fingerprint density at radius 3 is 1.23 bits per heavy atom. The highest BCUT2D eigenvalue weighted by molar-refractivity contribution is 5.98. The molecule has 6 heterocycles. The Morgan fingerprint density at radius 2 is 0.833 bits per heavy atom. The number of carbonyl (C=O) groups is 11. The number of carboxylic acids is 2. The van der Waals surface area contributed by atoms with Crippen LogP contribution in [0.3, 0.4) is 0 Å². The van der Waals surface area contributed by atoms with Crippen LogP contribution in [0, 0.1) is 94.7 Å². The number of hydrogen-bond acceptors (Lipinski definition) is 18. The fourth-order valence-corrected chi connectivity index (χ4v) is 14.9. The van der Waals surface area contributed by atoms with Gasteiger partial charge in [0, 0.05) is 23.7 Å². The molecule has 0 amide bonds. The van der Waals surface area contributed by atoms with E-state index in [0.29, 0.717) is 81.8 Å². The van der Waals surface area contributed by atoms with Gasteiger partial charge in [0.1, 0.15) is 18.3 Å². The zero-order chi connectivity index (χ0) is 66.4. The number of carbonyl (C=O) groups excluding carboxylic acids is 9. The predicted molar refractivity (Wildman–Crippen MR) is 325 cm³/mol. The number of cyclic esters (lactones) is 8. The maximum Gasteiger partial charge on any atom is 0.317 e. The van der Waals surface area contributed by atoms with Crippen LogP contribution in [-0.4, -0.2) is 107 Å². The summed E-state index contributed by atoms with van der Waals surface area (Å²) in [7, 11) is 0. The fraction of sp³-hybridized carbons (Fsp3) is 0.586. The van der Waals surface area contributed by atoms with Crippen molar-refractivity contribution in [1.82, 2.24) is 0 Å². The third-order valence-corrected chi connectivity index (χ3v) is 19.8. The van der Waals surface area contributed by atoms with Crippen molar-refractivity contribution < 1.29 is 96.1 Å². The summed E-state index contributed by atoms with van der Waals surface area (Å²) < 4.78 is 33.9. The van der Waals surface area contributed by atoms with Gasteiger partial charge in [-0.3, -0.25) is 52.7 Å². The van der Waals surface area contributed by atoms with Gasteiger partial charge in [0.05, 0.1) is 78.3 Å². The third-order valence-electron chi connectivity index (χ3n) is 19.8. The van der Waals surface area contributed by atoms with E-state index in [4.69, 9.17) is 33.9 Å². The molecule has 2 N–H and O–H groups in total. The Hall–Kier alpha value is -7.77. The summed E-state index contributed by atoms with van der Waals surface area (Å²) in [6.07, 6.45) is 13.8. The zero-order valence-electron chi connectivity index (χ0n) is 52.4. The second kappa shape index (κ2) is 29.5. The van der Waals surface area contributed by atoms with E-state index in [0.717, 1.165) is 80.1 Å². The lowest BCUT2D eigenvalue weighted by Gasteiger charge is -2.23. The van der Waals surface area contributed by atoms with Crippen molar-refractivity contribution in [3.8, 4) is 0 Å². The molecule has 14 rings (SSSR count). The van der Waals surface area contributed by atoms with E-state index in [1.165, 1.54) is 28.4 Å². The zero-order valence-corrected chi connectivity index (χ0v) is 52.4. The second-order valence-corrected chi connectivity index (χ2v) is 27.2. The SMILES string of the molecule is C=C1CC(C)C(C(=O)O)C1.C=C1CC2C(=O)OC(=O)C2C1.C=C1CC2C(=O)OC(=O)C2C1.C=C1CC2C(=O)OC(C)(C)C2C1.C=C1CC2C(=O)OC(C)C2C1.C=C1CC2COC(=O)C2C1.C=C1CC2COC(=O)C2C1.C=CCOC(=O)C1CC(=C)CC1C(=O)O. The molecule has 17 atom stereocenters. The summed E-state index contributed by atoms with van der Waals surface area (Å²) in [5.41, 5.74) is 8.44. The first-order chi connectivity index (χ1) is 42.3. The first kappa shape index (κ1) is 69.7. The lowest BCUT2D eigenvalue weighted by Crippen LogP contribution is -2.27. The fourth-order valence-electron chi connectivity index (χ4n) is 14.9. The molecule has 0 radical (unpaired) electrons. The van der Waals surface area contributed by atoms with Crippen molar-refractivity contribution in [1.29, 1.82) is 0 Å². The number of carboxylic acid groups (broad SMARTS) is 2. The van der Waals surface area contributed by atoms with E-state index in [9.17, 15) is 52.7 Å². The van der Waals surface area contributed by atoms with Crippen LogP contribution in [0.4, 0.5) is 0 Å². The van der Waals surface area contributed by atoms with E-state index in [1.807, 2.05) is 27.7 Å². The van der Waals surface area contributed by atoms with Crippen LogP contribution in [0.2, 0.25) is 0 Å². The number of allylic oxidation sites excluding steroid dienone is 8. The highest BCUT2D eigenvalue weighted by atomic mass is 16.6. The molecule has 20 heteroatoms. The minimum absolute atomic E-state index is 0.0105. The number of esters is 9. The molecule has 14 aliphatic rings. The number of ether oxygens (including phenoxy) is 7. The molecular weight excluding hydrogens is 1160 g/mol. The van der Waals surface area contributed by atoms with Crippen LogP contribution < -0.4 is 0 Å². The quantitative estimate of drug-likeness (QED) is 0.112. The van der Waals surface area contributed by atoms with Gasteiger partial charge in [0.2, 0.25) is 0 Å². The molecule has 8 saturated carbocycles. The van der Waals surface area contributed by atoms with Crippen LogP contribution >= 0.6 is 0 Å². The van der Waals surface area contributed by atoms with Crippen molar-refractivity contribution in [2.24, 2.45) is 94.7 Å². The first-order valence-electron chi connectivity index (χ1n) is 31.1. The molecule has 0 aromatic rings. The van der Waals surface area contributed by atoms with Gasteiger partial charge < -0.3 is 43.4 Å².